The van der Waals surface area contributed by atoms with E-state index in [4.69, 9.17) is 32.6 Å². The number of rotatable bonds is 2. The minimum Gasteiger partial charge on any atom is -0.483 e. The average Bonchev–Trinajstić information content (AvgIpc) is 3.99. The zero-order valence-corrected chi connectivity index (χ0v) is 34.0. The summed E-state index contributed by atoms with van der Waals surface area (Å²) in [6, 6.07) is 21.7. The molecule has 4 aliphatic carbocycles. The molecular formula is C48H28N6O4S2. The van der Waals surface area contributed by atoms with Crippen molar-refractivity contribution in [2.45, 2.75) is 38.9 Å². The number of fused-ring (bicyclic) bond motifs is 9. The van der Waals surface area contributed by atoms with Crippen LogP contribution in [0.5, 0.6) is 0 Å². The van der Waals surface area contributed by atoms with Crippen LogP contribution in [0, 0.1) is 47.6 Å². The third kappa shape index (κ3) is 5.33. The van der Waals surface area contributed by atoms with Crippen molar-refractivity contribution in [2.24, 2.45) is 21.8 Å². The zero-order valence-electron chi connectivity index (χ0n) is 32.4. The van der Waals surface area contributed by atoms with Crippen LogP contribution in [0.1, 0.15) is 80.4 Å². The van der Waals surface area contributed by atoms with Gasteiger partial charge in [-0.15, -0.1) is 22.7 Å². The van der Waals surface area contributed by atoms with Gasteiger partial charge in [0, 0.05) is 66.1 Å². The maximum Gasteiger partial charge on any atom is 0.271 e. The maximum atomic E-state index is 13.7. The van der Waals surface area contributed by atoms with Gasteiger partial charge in [-0.1, -0.05) is 60.7 Å². The number of hydrogen-bond acceptors (Lipinski definition) is 10. The van der Waals surface area contributed by atoms with Gasteiger partial charge in [0.2, 0.25) is 11.6 Å². The van der Waals surface area contributed by atoms with Crippen LogP contribution in [0.2, 0.25) is 0 Å². The fourth-order valence-corrected chi connectivity index (χ4v) is 11.1. The fraction of sp³-hybridized carbons (Fsp3) is 0.167. The Hall–Kier alpha value is -7.48. The number of nitrogens with zero attached hydrogens (tertiary/aromatic N) is 6. The van der Waals surface area contributed by atoms with E-state index in [1.165, 1.54) is 22.7 Å². The highest BCUT2D eigenvalue weighted by Gasteiger charge is 2.44. The Labute approximate surface area is 352 Å². The van der Waals surface area contributed by atoms with Crippen molar-refractivity contribution in [1.29, 1.82) is 10.5 Å². The maximum absolute atomic E-state index is 13.7. The van der Waals surface area contributed by atoms with Crippen molar-refractivity contribution >= 4 is 78.0 Å². The average molecular weight is 817 g/mol. The first-order chi connectivity index (χ1) is 28.8. The van der Waals surface area contributed by atoms with Crippen LogP contribution in [0.25, 0.3) is 32.0 Å². The molecule has 4 aromatic rings. The van der Waals surface area contributed by atoms with Gasteiger partial charge in [-0.05, 0) is 63.1 Å². The molecule has 0 saturated heterocycles. The number of ether oxygens (including phenoxy) is 2. The van der Waals surface area contributed by atoms with Crippen molar-refractivity contribution in [2.75, 3.05) is 0 Å². The summed E-state index contributed by atoms with van der Waals surface area (Å²) in [7, 11) is 0. The van der Waals surface area contributed by atoms with Crippen LogP contribution in [0.4, 0.5) is 10.0 Å². The zero-order chi connectivity index (χ0) is 41.8. The number of carbonyl (C=O) groups is 2. The molecule has 0 saturated carbocycles. The van der Waals surface area contributed by atoms with Gasteiger partial charge in [-0.2, -0.15) is 0 Å². The molecule has 0 bridgehead atoms. The number of thiophene rings is 2. The Morgan fingerprint density at radius 2 is 1.03 bits per heavy atom. The number of nitriles is 2. The Morgan fingerprint density at radius 1 is 0.650 bits per heavy atom. The van der Waals surface area contributed by atoms with Crippen molar-refractivity contribution in [3.8, 4) is 12.1 Å². The van der Waals surface area contributed by atoms with Gasteiger partial charge in [0.1, 0.15) is 44.1 Å². The number of Topliss-reactive ketones (excluding diaryl/α,β-unsaturated/α-hetero) is 2. The van der Waals surface area contributed by atoms with Crippen LogP contribution in [-0.4, -0.2) is 23.0 Å². The van der Waals surface area contributed by atoms with Crippen LogP contribution in [0.3, 0.4) is 0 Å². The normalized spacial score (nSPS) is 23.7. The van der Waals surface area contributed by atoms with Gasteiger partial charge in [-0.3, -0.25) is 9.59 Å². The predicted molar refractivity (Wildman–Crippen MR) is 230 cm³/mol. The Morgan fingerprint density at radius 3 is 1.40 bits per heavy atom. The summed E-state index contributed by atoms with van der Waals surface area (Å²) < 4.78 is 13.4. The molecule has 4 heterocycles. The van der Waals surface area contributed by atoms with E-state index in [2.05, 4.69) is 34.0 Å². The minimum atomic E-state index is -0.741. The van der Waals surface area contributed by atoms with Gasteiger partial charge in [-0.25, -0.2) is 30.2 Å². The summed E-state index contributed by atoms with van der Waals surface area (Å²) in [5.41, 5.74) is 4.37. The second-order valence-corrected chi connectivity index (χ2v) is 17.9. The predicted octanol–water partition coefficient (Wildman–Crippen LogP) is 11.1. The van der Waals surface area contributed by atoms with Crippen LogP contribution in [-0.2, 0) is 20.7 Å². The molecule has 2 aromatic heterocycles. The van der Waals surface area contributed by atoms with Crippen molar-refractivity contribution in [1.82, 2.24) is 0 Å². The number of hydrogen-bond donors (Lipinski definition) is 0. The van der Waals surface area contributed by atoms with E-state index in [-0.39, 0.29) is 57.4 Å². The highest BCUT2D eigenvalue weighted by atomic mass is 32.1. The van der Waals surface area contributed by atoms with Crippen molar-refractivity contribution < 1.29 is 19.1 Å². The van der Waals surface area contributed by atoms with E-state index < -0.39 is 11.2 Å². The number of carbonyl (C=O) groups excluding carboxylic acids is 2. The molecule has 286 valence electrons. The van der Waals surface area contributed by atoms with Gasteiger partial charge in [0.05, 0.1) is 25.3 Å². The number of benzene rings is 2. The molecule has 0 N–H and O–H groups in total. The van der Waals surface area contributed by atoms with Crippen molar-refractivity contribution in [3.05, 3.63) is 174 Å². The standard InChI is InChI=1S/C48H28N6O4S2/c1-47(2)31-19-37(53-41-39(33(21-49)51-5)25-11-7-9-13-27(25)43(41)55)59-45(31)29-15-24-18-36-30(16-23(24)17-35(29)57-47)46-32(48(3,4)58-36)20-38(60-46)54-42-40(34(22-50)52-6)26-12-8-10-14-28(26)44(42)56/h7-20,23-24H,1-4H3/b39-33+,40-34?,53-41?,54-42?. The number of aliphatic imine (C=N–C) groups is 2. The van der Waals surface area contributed by atoms with Gasteiger partial charge in [0.15, 0.2) is 0 Å². The summed E-state index contributed by atoms with van der Waals surface area (Å²) >= 11 is 2.88. The van der Waals surface area contributed by atoms with E-state index in [1.54, 1.807) is 48.5 Å². The first kappa shape index (κ1) is 36.8. The lowest BCUT2D eigenvalue weighted by Gasteiger charge is -2.40. The number of ketones is 2. The van der Waals surface area contributed by atoms with Crippen molar-refractivity contribution in [3.63, 3.8) is 0 Å². The Kier molecular flexibility index (Phi) is 7.99. The highest BCUT2D eigenvalue weighted by Crippen LogP contribution is 2.56. The molecular weight excluding hydrogens is 789 g/mol. The molecule has 2 aromatic carbocycles. The summed E-state index contributed by atoms with van der Waals surface area (Å²) in [6.07, 6.45) is 8.65. The summed E-state index contributed by atoms with van der Waals surface area (Å²) in [5.74, 6) is 0.656. The van der Waals surface area contributed by atoms with Gasteiger partial charge >= 0.3 is 0 Å². The van der Waals surface area contributed by atoms with Crippen LogP contribution in [0.15, 0.2) is 118 Å². The van der Waals surface area contributed by atoms with Gasteiger partial charge < -0.3 is 9.47 Å². The third-order valence-electron chi connectivity index (χ3n) is 11.5. The molecule has 6 aliphatic rings. The molecule has 2 unspecified atom stereocenters. The topological polar surface area (TPSA) is 134 Å². The summed E-state index contributed by atoms with van der Waals surface area (Å²) in [5, 5.41) is 20.8. The molecule has 0 radical (unpaired) electrons. The van der Waals surface area contributed by atoms with Crippen LogP contribution < -0.4 is 0 Å². The molecule has 10 nitrogen and oxygen atoms in total. The van der Waals surface area contributed by atoms with E-state index >= 15 is 0 Å². The second kappa shape index (κ2) is 13.0. The molecule has 2 aliphatic heterocycles. The smallest absolute Gasteiger partial charge is 0.271 e. The van der Waals surface area contributed by atoms with E-state index in [1.807, 2.05) is 52.0 Å². The van der Waals surface area contributed by atoms with Crippen LogP contribution >= 0.6 is 22.7 Å². The quantitative estimate of drug-likeness (QED) is 0.146. The third-order valence-corrected chi connectivity index (χ3v) is 13.6. The first-order valence-corrected chi connectivity index (χ1v) is 20.5. The molecule has 0 fully saturated rings. The fourth-order valence-electron chi connectivity index (χ4n) is 8.72. The Balaban J connectivity index is 1.03. The molecule has 0 spiro atoms. The van der Waals surface area contributed by atoms with E-state index in [0.29, 0.717) is 32.3 Å². The largest absolute Gasteiger partial charge is 0.483 e. The monoisotopic (exact) mass is 816 g/mol. The summed E-state index contributed by atoms with van der Waals surface area (Å²) in [6.45, 7) is 23.3. The SMILES string of the molecule is [C-]#[N+]C(C#N)=C1C(=Nc2cc3c(s2)C2=CC4C=C5OC(C)(C)c6cc(N=C7C(=O)c8ccccc8/C7=C(/C#N)[N+]#[C-])sc6C5=CC4C=C2OC3(C)C)C(=O)c2ccccc21. The lowest BCUT2D eigenvalue weighted by molar-refractivity contribution is 0.0318. The lowest BCUT2D eigenvalue weighted by atomic mass is 9.76. The number of allylic oxidation sites excluding steroid dienone is 10. The first-order valence-electron chi connectivity index (χ1n) is 18.9. The lowest BCUT2D eigenvalue weighted by Crippen LogP contribution is -2.31. The Bertz CT molecular complexity index is 2950. The van der Waals surface area contributed by atoms with E-state index in [0.717, 1.165) is 43.5 Å². The molecule has 10 rings (SSSR count). The molecule has 12 heteroatoms. The van der Waals surface area contributed by atoms with Gasteiger partial charge in [0.25, 0.3) is 11.4 Å². The second-order valence-electron chi connectivity index (χ2n) is 15.8. The summed E-state index contributed by atoms with van der Waals surface area (Å²) in [4.78, 5) is 45.8. The molecule has 0 amide bonds. The minimum absolute atomic E-state index is 0.0771. The molecule has 60 heavy (non-hydrogen) atoms. The highest BCUT2D eigenvalue weighted by molar-refractivity contribution is 7.17. The molecule has 2 atom stereocenters. The van der Waals surface area contributed by atoms with E-state index in [9.17, 15) is 20.1 Å².